The molecule has 25 heavy (non-hydrogen) atoms. The van der Waals surface area contributed by atoms with E-state index >= 15 is 0 Å². The topological polar surface area (TPSA) is 112 Å². The van der Waals surface area contributed by atoms with Crippen LogP contribution in [0.3, 0.4) is 0 Å². The number of hydrogen-bond acceptors (Lipinski definition) is 6. The third-order valence-corrected chi connectivity index (χ3v) is 5.68. The first-order valence-electron chi connectivity index (χ1n) is 8.59. The molecule has 2 N–H and O–H groups in total. The second kappa shape index (κ2) is 8.09. The van der Waals surface area contributed by atoms with E-state index < -0.39 is 10.0 Å². The van der Waals surface area contributed by atoms with Crippen LogP contribution in [0.1, 0.15) is 51.5 Å². The predicted octanol–water partition coefficient (Wildman–Crippen LogP) is 2.08. The van der Waals surface area contributed by atoms with Crippen LogP contribution in [-0.2, 0) is 10.0 Å². The summed E-state index contributed by atoms with van der Waals surface area (Å²) in [5.74, 6) is 0.579. The number of primary sulfonamides is 1. The molecule has 0 fully saturated rings. The second-order valence-electron chi connectivity index (χ2n) is 6.56. The van der Waals surface area contributed by atoms with Gasteiger partial charge in [0.25, 0.3) is 0 Å². The smallest absolute Gasteiger partial charge is 0.236 e. The number of ether oxygens (including phenoxy) is 1. The SMILES string of the molecule is CCC(CC)(CCCCS(N)(=O)=O)COc1nn2ncnc2cc1C. The van der Waals surface area contributed by atoms with Gasteiger partial charge in [0.1, 0.15) is 6.33 Å². The maximum atomic E-state index is 11.1. The summed E-state index contributed by atoms with van der Waals surface area (Å²) in [6.45, 7) is 6.73. The zero-order valence-corrected chi connectivity index (χ0v) is 15.9. The van der Waals surface area contributed by atoms with E-state index in [4.69, 9.17) is 9.88 Å². The molecule has 8 nitrogen and oxygen atoms in total. The summed E-state index contributed by atoms with van der Waals surface area (Å²) in [5, 5.41) is 13.5. The molecule has 0 aromatic carbocycles. The molecule has 0 spiro atoms. The van der Waals surface area contributed by atoms with Crippen molar-refractivity contribution >= 4 is 15.7 Å². The average Bonchev–Trinajstić information content (AvgIpc) is 3.00. The van der Waals surface area contributed by atoms with Crippen LogP contribution in [0.4, 0.5) is 0 Å². The minimum atomic E-state index is -3.39. The Morgan fingerprint density at radius 1 is 1.28 bits per heavy atom. The minimum Gasteiger partial charge on any atom is -0.476 e. The van der Waals surface area contributed by atoms with E-state index in [1.165, 1.54) is 11.0 Å². The number of nitrogens with zero attached hydrogens (tertiary/aromatic N) is 4. The fourth-order valence-corrected chi connectivity index (χ4v) is 3.49. The van der Waals surface area contributed by atoms with Gasteiger partial charge in [0.15, 0.2) is 5.65 Å². The number of unbranched alkanes of at least 4 members (excludes halogenated alkanes) is 1. The number of aryl methyl sites for hydroxylation is 1. The van der Waals surface area contributed by atoms with Gasteiger partial charge in [-0.15, -0.1) is 14.8 Å². The third kappa shape index (κ3) is 5.37. The zero-order valence-electron chi connectivity index (χ0n) is 15.1. The van der Waals surface area contributed by atoms with Gasteiger partial charge in [-0.2, -0.15) is 0 Å². The van der Waals surface area contributed by atoms with Crippen molar-refractivity contribution in [2.75, 3.05) is 12.4 Å². The Labute approximate surface area is 148 Å². The van der Waals surface area contributed by atoms with Crippen LogP contribution < -0.4 is 9.88 Å². The van der Waals surface area contributed by atoms with E-state index in [2.05, 4.69) is 29.0 Å². The zero-order chi connectivity index (χ0) is 18.5. The van der Waals surface area contributed by atoms with Gasteiger partial charge in [-0.1, -0.05) is 20.3 Å². The van der Waals surface area contributed by atoms with Crippen LogP contribution >= 0.6 is 0 Å². The molecule has 9 heteroatoms. The highest BCUT2D eigenvalue weighted by molar-refractivity contribution is 7.89. The van der Waals surface area contributed by atoms with E-state index in [9.17, 15) is 8.42 Å². The van der Waals surface area contributed by atoms with Crippen molar-refractivity contribution in [3.05, 3.63) is 18.0 Å². The molecule has 0 aliphatic heterocycles. The van der Waals surface area contributed by atoms with Crippen LogP contribution in [0.5, 0.6) is 5.88 Å². The van der Waals surface area contributed by atoms with E-state index in [1.807, 2.05) is 13.0 Å². The molecule has 0 saturated heterocycles. The molecule has 2 heterocycles. The molecule has 2 aromatic heterocycles. The lowest BCUT2D eigenvalue weighted by Crippen LogP contribution is -2.28. The number of nitrogens with two attached hydrogens (primary N) is 1. The largest absolute Gasteiger partial charge is 0.476 e. The Morgan fingerprint density at radius 2 is 2.00 bits per heavy atom. The maximum Gasteiger partial charge on any atom is 0.236 e. The molecule has 0 radical (unpaired) electrons. The summed E-state index contributed by atoms with van der Waals surface area (Å²) in [6, 6.07) is 1.89. The number of fused-ring (bicyclic) bond motifs is 1. The minimum absolute atomic E-state index is 0.0101. The lowest BCUT2D eigenvalue weighted by molar-refractivity contribution is 0.113. The first-order valence-corrected chi connectivity index (χ1v) is 10.3. The van der Waals surface area contributed by atoms with Gasteiger partial charge in [-0.25, -0.2) is 18.5 Å². The number of hydrogen-bond donors (Lipinski definition) is 1. The first-order chi connectivity index (χ1) is 11.8. The average molecular weight is 369 g/mol. The molecular weight excluding hydrogens is 342 g/mol. The number of aromatic nitrogens is 4. The lowest BCUT2D eigenvalue weighted by Gasteiger charge is -2.31. The van der Waals surface area contributed by atoms with Crippen LogP contribution in [0.25, 0.3) is 5.65 Å². The second-order valence-corrected chi connectivity index (χ2v) is 8.29. The summed E-state index contributed by atoms with van der Waals surface area (Å²) in [6.07, 6.45) is 5.62. The van der Waals surface area contributed by atoms with Gasteiger partial charge in [-0.3, -0.25) is 0 Å². The molecular formula is C16H27N5O3S. The van der Waals surface area contributed by atoms with Crippen molar-refractivity contribution < 1.29 is 13.2 Å². The molecule has 0 bridgehead atoms. The fourth-order valence-electron chi connectivity index (χ4n) is 2.88. The molecule has 0 aliphatic rings. The normalized spacial score (nSPS) is 12.6. The predicted molar refractivity (Wildman–Crippen MR) is 95.9 cm³/mol. The standard InChI is InChI=1S/C16H27N5O3S/c1-4-16(5-2,8-6-7-9-25(17,22)23)11-24-15-13(3)10-14-18-12-19-21(14)20-15/h10,12H,4-9,11H2,1-3H3,(H2,17,22,23). The van der Waals surface area contributed by atoms with E-state index in [0.717, 1.165) is 31.2 Å². The van der Waals surface area contributed by atoms with Crippen LogP contribution in [0.2, 0.25) is 0 Å². The number of rotatable bonds is 10. The van der Waals surface area contributed by atoms with Gasteiger partial charge in [-0.05, 0) is 38.7 Å². The van der Waals surface area contributed by atoms with Crippen LogP contribution in [0, 0.1) is 12.3 Å². The molecule has 140 valence electrons. The molecule has 0 aliphatic carbocycles. The molecule has 0 unspecified atom stereocenters. The van der Waals surface area contributed by atoms with Gasteiger partial charge >= 0.3 is 0 Å². The molecule has 0 atom stereocenters. The van der Waals surface area contributed by atoms with Crippen molar-refractivity contribution in [1.82, 2.24) is 19.8 Å². The third-order valence-electron chi connectivity index (χ3n) is 4.83. The quantitative estimate of drug-likeness (QED) is 0.642. The van der Waals surface area contributed by atoms with Gasteiger partial charge < -0.3 is 4.74 Å². The van der Waals surface area contributed by atoms with Gasteiger partial charge in [0.05, 0.1) is 12.4 Å². The van der Waals surface area contributed by atoms with E-state index in [-0.39, 0.29) is 11.2 Å². The molecule has 2 aromatic rings. The summed E-state index contributed by atoms with van der Waals surface area (Å²) < 4.78 is 29.6. The fraction of sp³-hybridized carbons (Fsp3) is 0.688. The van der Waals surface area contributed by atoms with Crippen molar-refractivity contribution in [3.63, 3.8) is 0 Å². The number of sulfonamides is 1. The summed E-state index contributed by atoms with van der Waals surface area (Å²) in [5.41, 5.74) is 1.59. The van der Waals surface area contributed by atoms with Crippen molar-refractivity contribution in [1.29, 1.82) is 0 Å². The summed E-state index contributed by atoms with van der Waals surface area (Å²) in [4.78, 5) is 4.11. The van der Waals surface area contributed by atoms with E-state index in [1.54, 1.807) is 0 Å². The van der Waals surface area contributed by atoms with Gasteiger partial charge in [0, 0.05) is 11.0 Å². The molecule has 2 rings (SSSR count). The molecule has 0 amide bonds. The summed E-state index contributed by atoms with van der Waals surface area (Å²) >= 11 is 0. The highest BCUT2D eigenvalue weighted by Gasteiger charge is 2.27. The van der Waals surface area contributed by atoms with Crippen molar-refractivity contribution in [2.45, 2.75) is 52.9 Å². The van der Waals surface area contributed by atoms with Crippen LogP contribution in [0.15, 0.2) is 12.4 Å². The highest BCUT2D eigenvalue weighted by atomic mass is 32.2. The Kier molecular flexibility index (Phi) is 6.34. The first kappa shape index (κ1) is 19.6. The Balaban J connectivity index is 2.00. The Hall–Kier alpha value is -1.74. The Bertz CT molecular complexity index is 799. The van der Waals surface area contributed by atoms with Crippen LogP contribution in [-0.4, -0.2) is 40.6 Å². The summed E-state index contributed by atoms with van der Waals surface area (Å²) in [7, 11) is -3.39. The van der Waals surface area contributed by atoms with E-state index in [0.29, 0.717) is 24.6 Å². The van der Waals surface area contributed by atoms with Crippen molar-refractivity contribution in [3.8, 4) is 5.88 Å². The van der Waals surface area contributed by atoms with Crippen molar-refractivity contribution in [2.24, 2.45) is 10.6 Å². The Morgan fingerprint density at radius 3 is 2.64 bits per heavy atom. The maximum absolute atomic E-state index is 11.1. The van der Waals surface area contributed by atoms with Gasteiger partial charge in [0.2, 0.25) is 15.9 Å². The monoisotopic (exact) mass is 369 g/mol. The lowest BCUT2D eigenvalue weighted by atomic mass is 9.78. The highest BCUT2D eigenvalue weighted by Crippen LogP contribution is 2.33. The molecule has 0 saturated carbocycles.